The van der Waals surface area contributed by atoms with Crippen LogP contribution in [0.3, 0.4) is 0 Å². The lowest BCUT2D eigenvalue weighted by Crippen LogP contribution is -2.31. The number of hydrogen-bond acceptors (Lipinski definition) is 3. The summed E-state index contributed by atoms with van der Waals surface area (Å²) in [7, 11) is -1.65. The second-order valence-electron chi connectivity index (χ2n) is 3.07. The van der Waals surface area contributed by atoms with Crippen LogP contribution in [0.4, 0.5) is 0 Å². The summed E-state index contributed by atoms with van der Waals surface area (Å²) >= 11 is 0. The first-order valence-corrected chi connectivity index (χ1v) is 6.20. The predicted molar refractivity (Wildman–Crippen MR) is 53.0 cm³/mol. The fourth-order valence-electron chi connectivity index (χ4n) is 0.995. The Hall–Kier alpha value is -0.130. The van der Waals surface area contributed by atoms with E-state index in [9.17, 15) is 8.42 Å². The molecule has 13 heavy (non-hydrogen) atoms. The van der Waals surface area contributed by atoms with Crippen LogP contribution in [-0.4, -0.2) is 43.8 Å². The van der Waals surface area contributed by atoms with Crippen molar-refractivity contribution >= 4 is 10.0 Å². The summed E-state index contributed by atoms with van der Waals surface area (Å²) in [6, 6.07) is 0. The molecule has 0 heterocycles. The highest BCUT2D eigenvalue weighted by atomic mass is 32.2. The SMILES string of the molecule is CCCCCN(C)S(=O)(=O)CCO. The van der Waals surface area contributed by atoms with E-state index in [0.29, 0.717) is 6.54 Å². The van der Waals surface area contributed by atoms with Gasteiger partial charge < -0.3 is 5.11 Å². The maximum Gasteiger partial charge on any atom is 0.216 e. The first kappa shape index (κ1) is 12.9. The Morgan fingerprint density at radius 3 is 2.38 bits per heavy atom. The summed E-state index contributed by atoms with van der Waals surface area (Å²) in [6.07, 6.45) is 3.00. The monoisotopic (exact) mass is 209 g/mol. The normalized spacial score (nSPS) is 12.3. The summed E-state index contributed by atoms with van der Waals surface area (Å²) in [6.45, 7) is 2.32. The number of aliphatic hydroxyl groups excluding tert-OH is 1. The minimum Gasteiger partial charge on any atom is -0.395 e. The van der Waals surface area contributed by atoms with E-state index in [0.717, 1.165) is 19.3 Å². The van der Waals surface area contributed by atoms with Crippen LogP contribution in [-0.2, 0) is 10.0 Å². The van der Waals surface area contributed by atoms with Gasteiger partial charge in [-0.1, -0.05) is 19.8 Å². The van der Waals surface area contributed by atoms with Crippen LogP contribution in [0, 0.1) is 0 Å². The molecule has 0 aromatic heterocycles. The summed E-state index contributed by atoms with van der Waals surface area (Å²) in [5, 5.41) is 8.52. The maximum absolute atomic E-state index is 11.3. The molecule has 0 amide bonds. The summed E-state index contributed by atoms with van der Waals surface area (Å²) in [4.78, 5) is 0. The second-order valence-corrected chi connectivity index (χ2v) is 5.26. The highest BCUT2D eigenvalue weighted by molar-refractivity contribution is 7.89. The first-order valence-electron chi connectivity index (χ1n) is 4.59. The molecule has 0 atom stereocenters. The molecule has 0 aliphatic carbocycles. The van der Waals surface area contributed by atoms with Crippen LogP contribution >= 0.6 is 0 Å². The van der Waals surface area contributed by atoms with Crippen LogP contribution in [0.15, 0.2) is 0 Å². The zero-order valence-corrected chi connectivity index (χ0v) is 9.18. The molecule has 80 valence electrons. The molecule has 0 fully saturated rings. The van der Waals surface area contributed by atoms with Crippen molar-refractivity contribution in [3.63, 3.8) is 0 Å². The minimum absolute atomic E-state index is 0.171. The lowest BCUT2D eigenvalue weighted by atomic mass is 10.2. The van der Waals surface area contributed by atoms with Gasteiger partial charge in [0.05, 0.1) is 12.4 Å². The molecular weight excluding hydrogens is 190 g/mol. The zero-order chi connectivity index (χ0) is 10.3. The molecule has 0 aromatic carbocycles. The number of aliphatic hydroxyl groups is 1. The number of sulfonamides is 1. The molecule has 0 spiro atoms. The van der Waals surface area contributed by atoms with Gasteiger partial charge in [-0.2, -0.15) is 0 Å². The van der Waals surface area contributed by atoms with Gasteiger partial charge in [-0.3, -0.25) is 0 Å². The molecule has 0 aromatic rings. The van der Waals surface area contributed by atoms with Crippen molar-refractivity contribution in [2.75, 3.05) is 26.0 Å². The summed E-state index contributed by atoms with van der Waals surface area (Å²) in [5.41, 5.74) is 0. The predicted octanol–water partition coefficient (Wildman–Crippen LogP) is 0.430. The zero-order valence-electron chi connectivity index (χ0n) is 8.36. The van der Waals surface area contributed by atoms with Gasteiger partial charge in [0.15, 0.2) is 0 Å². The van der Waals surface area contributed by atoms with Crippen molar-refractivity contribution in [1.29, 1.82) is 0 Å². The number of rotatable bonds is 7. The Balaban J connectivity index is 3.87. The highest BCUT2D eigenvalue weighted by Gasteiger charge is 2.15. The topological polar surface area (TPSA) is 57.6 Å². The average molecular weight is 209 g/mol. The van der Waals surface area contributed by atoms with E-state index in [4.69, 9.17) is 5.11 Å². The molecule has 0 bridgehead atoms. The third kappa shape index (κ3) is 5.23. The van der Waals surface area contributed by atoms with E-state index in [1.807, 2.05) is 0 Å². The fourth-order valence-corrected chi connectivity index (χ4v) is 1.94. The minimum atomic E-state index is -3.21. The van der Waals surface area contributed by atoms with Gasteiger partial charge in [0.25, 0.3) is 0 Å². The van der Waals surface area contributed by atoms with E-state index in [1.54, 1.807) is 7.05 Å². The number of nitrogens with zero attached hydrogens (tertiary/aromatic N) is 1. The van der Waals surface area contributed by atoms with Crippen molar-refractivity contribution < 1.29 is 13.5 Å². The lowest BCUT2D eigenvalue weighted by Gasteiger charge is -2.15. The smallest absolute Gasteiger partial charge is 0.216 e. The van der Waals surface area contributed by atoms with E-state index in [-0.39, 0.29) is 12.4 Å². The molecule has 0 saturated carbocycles. The molecule has 1 N–H and O–H groups in total. The highest BCUT2D eigenvalue weighted by Crippen LogP contribution is 2.02. The van der Waals surface area contributed by atoms with E-state index in [1.165, 1.54) is 4.31 Å². The molecule has 0 aliphatic rings. The molecular formula is C8H19NO3S. The molecule has 4 nitrogen and oxygen atoms in total. The van der Waals surface area contributed by atoms with Crippen LogP contribution in [0.25, 0.3) is 0 Å². The van der Waals surface area contributed by atoms with Gasteiger partial charge in [-0.25, -0.2) is 12.7 Å². The van der Waals surface area contributed by atoms with Crippen molar-refractivity contribution in [2.45, 2.75) is 26.2 Å². The van der Waals surface area contributed by atoms with Crippen LogP contribution < -0.4 is 0 Å². The Bertz CT molecular complexity index is 213. The van der Waals surface area contributed by atoms with E-state index >= 15 is 0 Å². The Labute approximate surface area is 80.6 Å². The van der Waals surface area contributed by atoms with E-state index in [2.05, 4.69) is 6.92 Å². The van der Waals surface area contributed by atoms with Gasteiger partial charge >= 0.3 is 0 Å². The Morgan fingerprint density at radius 1 is 1.31 bits per heavy atom. The van der Waals surface area contributed by atoms with Gasteiger partial charge in [-0.15, -0.1) is 0 Å². The van der Waals surface area contributed by atoms with Gasteiger partial charge in [0.2, 0.25) is 10.0 Å². The maximum atomic E-state index is 11.3. The molecule has 5 heteroatoms. The molecule has 0 rings (SSSR count). The standard InChI is InChI=1S/C8H19NO3S/c1-3-4-5-6-9(2)13(11,12)8-7-10/h10H,3-8H2,1-2H3. The summed E-state index contributed by atoms with van der Waals surface area (Å²) < 4.78 is 23.9. The lowest BCUT2D eigenvalue weighted by molar-refractivity contribution is 0.316. The molecule has 0 saturated heterocycles. The quantitative estimate of drug-likeness (QED) is 0.619. The van der Waals surface area contributed by atoms with E-state index < -0.39 is 10.0 Å². The third-order valence-electron chi connectivity index (χ3n) is 1.90. The Morgan fingerprint density at radius 2 is 1.92 bits per heavy atom. The van der Waals surface area contributed by atoms with Gasteiger partial charge in [-0.05, 0) is 6.42 Å². The van der Waals surface area contributed by atoms with Crippen LogP contribution in [0.2, 0.25) is 0 Å². The van der Waals surface area contributed by atoms with Crippen molar-refractivity contribution in [3.05, 3.63) is 0 Å². The molecule has 0 unspecified atom stereocenters. The fraction of sp³-hybridized carbons (Fsp3) is 1.00. The van der Waals surface area contributed by atoms with Crippen molar-refractivity contribution in [3.8, 4) is 0 Å². The number of hydrogen-bond donors (Lipinski definition) is 1. The van der Waals surface area contributed by atoms with Crippen LogP contribution in [0.1, 0.15) is 26.2 Å². The third-order valence-corrected chi connectivity index (χ3v) is 3.73. The number of unbranched alkanes of at least 4 members (excludes halogenated alkanes) is 2. The van der Waals surface area contributed by atoms with Gasteiger partial charge in [0, 0.05) is 13.6 Å². The summed E-state index contributed by atoms with van der Waals surface area (Å²) in [5.74, 6) is -0.171. The van der Waals surface area contributed by atoms with Crippen molar-refractivity contribution in [1.82, 2.24) is 4.31 Å². The first-order chi connectivity index (χ1) is 6.04. The van der Waals surface area contributed by atoms with Crippen LogP contribution in [0.5, 0.6) is 0 Å². The molecule has 0 aliphatic heterocycles. The molecule has 0 radical (unpaired) electrons. The average Bonchev–Trinajstić information content (AvgIpc) is 2.04. The Kier molecular flexibility index (Phi) is 6.28. The largest absolute Gasteiger partial charge is 0.395 e. The van der Waals surface area contributed by atoms with Gasteiger partial charge in [0.1, 0.15) is 0 Å². The van der Waals surface area contributed by atoms with Crippen molar-refractivity contribution in [2.24, 2.45) is 0 Å². The second kappa shape index (κ2) is 6.34.